The van der Waals surface area contributed by atoms with Gasteiger partial charge in [0.05, 0.1) is 11.5 Å². The zero-order valence-electron chi connectivity index (χ0n) is 12.6. The molecule has 2 atom stereocenters. The van der Waals surface area contributed by atoms with Crippen LogP contribution in [0.4, 0.5) is 0 Å². The molecule has 0 spiro atoms. The molecule has 0 radical (unpaired) electrons. The smallest absolute Gasteiger partial charge is 0.152 e. The van der Waals surface area contributed by atoms with Gasteiger partial charge in [0.15, 0.2) is 9.84 Å². The molecule has 2 aliphatic heterocycles. The largest absolute Gasteiger partial charge is 0.309 e. The van der Waals surface area contributed by atoms with Crippen LogP contribution in [-0.2, 0) is 9.84 Å². The Morgan fingerprint density at radius 3 is 2.71 bits per heavy atom. The van der Waals surface area contributed by atoms with Crippen molar-refractivity contribution < 1.29 is 8.42 Å². The maximum Gasteiger partial charge on any atom is 0.152 e. The van der Waals surface area contributed by atoms with E-state index in [1.54, 1.807) is 0 Å². The number of hydrogen-bond donors (Lipinski definition) is 1. The highest BCUT2D eigenvalue weighted by Crippen LogP contribution is 2.32. The lowest BCUT2D eigenvalue weighted by atomic mass is 9.97. The normalized spacial score (nSPS) is 33.7. The van der Waals surface area contributed by atoms with Gasteiger partial charge >= 0.3 is 0 Å². The summed E-state index contributed by atoms with van der Waals surface area (Å²) in [6.45, 7) is 4.96. The molecule has 0 amide bonds. The van der Waals surface area contributed by atoms with Crippen LogP contribution in [0.2, 0.25) is 0 Å². The molecule has 2 aliphatic rings. The van der Waals surface area contributed by atoms with Crippen LogP contribution in [0.25, 0.3) is 0 Å². The molecule has 0 bridgehead atoms. The summed E-state index contributed by atoms with van der Waals surface area (Å²) >= 11 is 0. The molecule has 0 saturated carbocycles. The van der Waals surface area contributed by atoms with Crippen molar-refractivity contribution in [1.82, 2.24) is 10.2 Å². The fourth-order valence-corrected chi connectivity index (χ4v) is 5.73. The van der Waals surface area contributed by atoms with Crippen molar-refractivity contribution in [2.24, 2.45) is 0 Å². The Balaban J connectivity index is 1.80. The summed E-state index contributed by atoms with van der Waals surface area (Å²) in [4.78, 5) is 2.40. The van der Waals surface area contributed by atoms with Crippen LogP contribution in [0, 0.1) is 0 Å². The van der Waals surface area contributed by atoms with Gasteiger partial charge in [-0.15, -0.1) is 0 Å². The van der Waals surface area contributed by atoms with E-state index in [0.29, 0.717) is 11.5 Å². The molecule has 21 heavy (non-hydrogen) atoms. The quantitative estimate of drug-likeness (QED) is 0.901. The summed E-state index contributed by atoms with van der Waals surface area (Å²) in [5, 5.41) is 3.60. The van der Waals surface area contributed by atoms with Gasteiger partial charge in [-0.25, -0.2) is 8.42 Å². The van der Waals surface area contributed by atoms with Gasteiger partial charge in [0, 0.05) is 18.1 Å². The minimum Gasteiger partial charge on any atom is -0.309 e. The van der Waals surface area contributed by atoms with Crippen molar-refractivity contribution in [3.05, 3.63) is 35.9 Å². The van der Waals surface area contributed by atoms with E-state index in [1.165, 1.54) is 5.56 Å². The lowest BCUT2D eigenvalue weighted by molar-refractivity contribution is 0.123. The van der Waals surface area contributed by atoms with E-state index >= 15 is 0 Å². The molecular weight excluding hydrogens is 284 g/mol. The first-order chi connectivity index (χ1) is 9.99. The summed E-state index contributed by atoms with van der Waals surface area (Å²) in [6.07, 6.45) is 1.83. The lowest BCUT2D eigenvalue weighted by Crippen LogP contribution is -2.49. The van der Waals surface area contributed by atoms with Gasteiger partial charge in [-0.2, -0.15) is 0 Å². The third-order valence-electron chi connectivity index (χ3n) is 4.85. The molecule has 2 fully saturated rings. The highest BCUT2D eigenvalue weighted by atomic mass is 32.2. The summed E-state index contributed by atoms with van der Waals surface area (Å²) in [5.74, 6) is 0.644. The number of nitrogens with one attached hydrogen (secondary N) is 1. The summed E-state index contributed by atoms with van der Waals surface area (Å²) in [5.41, 5.74) is 1.09. The predicted octanol–water partition coefficient (Wildman–Crippen LogP) is 1.60. The van der Waals surface area contributed by atoms with Crippen molar-refractivity contribution in [3.8, 4) is 0 Å². The molecule has 4 nitrogen and oxygen atoms in total. The van der Waals surface area contributed by atoms with Crippen molar-refractivity contribution >= 4 is 9.84 Å². The highest BCUT2D eigenvalue weighted by Gasteiger charge is 2.43. The topological polar surface area (TPSA) is 49.4 Å². The van der Waals surface area contributed by atoms with Gasteiger partial charge in [0.25, 0.3) is 0 Å². The Bertz CT molecular complexity index is 588. The standard InChI is InChI=1S/C16H24N2O2S/c1-16(8-11-21(19,20)13-16)18-10-5-9-17-15(12-18)14-6-3-2-4-7-14/h2-4,6-7,15,17H,5,8-13H2,1H3. The molecule has 2 heterocycles. The third kappa shape index (κ3) is 3.30. The van der Waals surface area contributed by atoms with E-state index in [1.807, 2.05) is 6.07 Å². The van der Waals surface area contributed by atoms with Crippen molar-refractivity contribution in [2.75, 3.05) is 31.1 Å². The van der Waals surface area contributed by atoms with Crippen LogP contribution in [0.3, 0.4) is 0 Å². The summed E-state index contributed by atoms with van der Waals surface area (Å²) in [7, 11) is -2.86. The van der Waals surface area contributed by atoms with Gasteiger partial charge < -0.3 is 5.32 Å². The molecule has 0 aliphatic carbocycles. The zero-order valence-corrected chi connectivity index (χ0v) is 13.4. The molecule has 2 saturated heterocycles. The van der Waals surface area contributed by atoms with Crippen molar-refractivity contribution in [3.63, 3.8) is 0 Å². The number of sulfone groups is 1. The molecule has 1 aromatic rings. The second-order valence-corrected chi connectivity index (χ2v) is 8.74. The number of rotatable bonds is 2. The zero-order chi connectivity index (χ0) is 14.9. The minimum atomic E-state index is -2.86. The van der Waals surface area contributed by atoms with Crippen molar-refractivity contribution in [2.45, 2.75) is 31.3 Å². The van der Waals surface area contributed by atoms with E-state index < -0.39 is 9.84 Å². The molecule has 2 unspecified atom stereocenters. The summed E-state index contributed by atoms with van der Waals surface area (Å²) < 4.78 is 23.8. The van der Waals surface area contributed by atoms with E-state index in [-0.39, 0.29) is 11.6 Å². The first kappa shape index (κ1) is 15.0. The third-order valence-corrected chi connectivity index (χ3v) is 6.73. The number of nitrogens with zero attached hydrogens (tertiary/aromatic N) is 1. The Hall–Kier alpha value is -0.910. The highest BCUT2D eigenvalue weighted by molar-refractivity contribution is 7.91. The van der Waals surface area contributed by atoms with Gasteiger partial charge in [-0.1, -0.05) is 30.3 Å². The van der Waals surface area contributed by atoms with Gasteiger partial charge in [-0.05, 0) is 38.4 Å². The molecule has 1 N–H and O–H groups in total. The van der Waals surface area contributed by atoms with Crippen LogP contribution in [0.15, 0.2) is 30.3 Å². The lowest BCUT2D eigenvalue weighted by Gasteiger charge is -2.38. The fraction of sp³-hybridized carbons (Fsp3) is 0.625. The summed E-state index contributed by atoms with van der Waals surface area (Å²) in [6, 6.07) is 10.7. The SMILES string of the molecule is CC1(N2CCCNC(c3ccccc3)C2)CCS(=O)(=O)C1. The molecule has 3 rings (SSSR count). The van der Waals surface area contributed by atoms with Crippen LogP contribution >= 0.6 is 0 Å². The average molecular weight is 308 g/mol. The van der Waals surface area contributed by atoms with Crippen LogP contribution in [0.1, 0.15) is 31.4 Å². The molecule has 0 aromatic heterocycles. The average Bonchev–Trinajstić information content (AvgIpc) is 2.67. The van der Waals surface area contributed by atoms with Gasteiger partial charge in [-0.3, -0.25) is 4.90 Å². The van der Waals surface area contributed by atoms with E-state index in [9.17, 15) is 8.42 Å². The van der Waals surface area contributed by atoms with Crippen molar-refractivity contribution in [1.29, 1.82) is 0 Å². The molecular formula is C16H24N2O2S. The molecule has 1 aromatic carbocycles. The first-order valence-electron chi connectivity index (χ1n) is 7.72. The maximum absolute atomic E-state index is 11.9. The minimum absolute atomic E-state index is 0.197. The van der Waals surface area contributed by atoms with Gasteiger partial charge in [0.2, 0.25) is 0 Å². The monoisotopic (exact) mass is 308 g/mol. The Kier molecular flexibility index (Phi) is 4.08. The Morgan fingerprint density at radius 2 is 2.05 bits per heavy atom. The van der Waals surface area contributed by atoms with E-state index in [4.69, 9.17) is 0 Å². The van der Waals surface area contributed by atoms with Gasteiger partial charge in [0.1, 0.15) is 0 Å². The van der Waals surface area contributed by atoms with Crippen LogP contribution < -0.4 is 5.32 Å². The van der Waals surface area contributed by atoms with Crippen LogP contribution in [-0.4, -0.2) is 50.0 Å². The predicted molar refractivity (Wildman–Crippen MR) is 85.1 cm³/mol. The van der Waals surface area contributed by atoms with E-state index in [2.05, 4.69) is 41.4 Å². The maximum atomic E-state index is 11.9. The van der Waals surface area contributed by atoms with Crippen LogP contribution in [0.5, 0.6) is 0 Å². The molecule has 116 valence electrons. The Labute approximate surface area is 127 Å². The molecule has 5 heteroatoms. The second kappa shape index (κ2) is 5.71. The van der Waals surface area contributed by atoms with E-state index in [0.717, 1.165) is 32.5 Å². The first-order valence-corrected chi connectivity index (χ1v) is 9.55. The number of benzene rings is 1. The Morgan fingerprint density at radius 1 is 1.29 bits per heavy atom. The second-order valence-electron chi connectivity index (χ2n) is 6.56. The fourth-order valence-electron chi connectivity index (χ4n) is 3.56. The number of hydrogen-bond acceptors (Lipinski definition) is 4.